The van der Waals surface area contributed by atoms with E-state index in [1.807, 2.05) is 0 Å². The fraction of sp³-hybridized carbons (Fsp3) is 0.571. The van der Waals surface area contributed by atoms with Crippen molar-refractivity contribution in [2.24, 2.45) is 0 Å². The smallest absolute Gasteiger partial charge is 0.0851 e. The van der Waals surface area contributed by atoms with Crippen molar-refractivity contribution in [2.75, 3.05) is 0 Å². The molecule has 0 aromatic rings. The van der Waals surface area contributed by atoms with Crippen molar-refractivity contribution in [3.8, 4) is 0 Å². The van der Waals surface area contributed by atoms with E-state index in [1.165, 1.54) is 12.8 Å². The minimum Gasteiger partial charge on any atom is -0.343 e. The zero-order valence-corrected chi connectivity index (χ0v) is 9.99. The number of hydrogen-bond acceptors (Lipinski definition) is 1. The minimum absolute atomic E-state index is 0. The van der Waals surface area contributed by atoms with Gasteiger partial charge in [-0.15, -0.1) is 0 Å². The van der Waals surface area contributed by atoms with Crippen LogP contribution in [0, 0.1) is 13.8 Å². The van der Waals surface area contributed by atoms with E-state index >= 15 is 0 Å². The summed E-state index contributed by atoms with van der Waals surface area (Å²) in [6, 6.07) is 0. The van der Waals surface area contributed by atoms with Gasteiger partial charge in [0.25, 0.3) is 0 Å². The number of hydrogen-bond donors (Lipinski definition) is 0. The molecule has 10 heavy (non-hydrogen) atoms. The molecule has 0 bridgehead atoms. The Labute approximate surface area is 93.8 Å². The van der Waals surface area contributed by atoms with Gasteiger partial charge in [-0.05, 0) is 0 Å². The standard InChI is InChI=1S/C5H11.C2H2ClO.Y/c1-3-5-4-2;1-2(3)4;/h1,3-5H2,2H3;1H2;/q2*-1;. The van der Waals surface area contributed by atoms with Crippen LogP contribution in [0.1, 0.15) is 26.2 Å². The zero-order valence-electron chi connectivity index (χ0n) is 6.40. The molecule has 0 fully saturated rings. The third-order valence-corrected chi connectivity index (χ3v) is 0.604. The van der Waals surface area contributed by atoms with Gasteiger partial charge in [-0.3, -0.25) is 0 Å². The minimum atomic E-state index is -0.611. The summed E-state index contributed by atoms with van der Waals surface area (Å²) in [7, 11) is 0. The average Bonchev–Trinajstić information content (AvgIpc) is 1.66. The van der Waals surface area contributed by atoms with Crippen molar-refractivity contribution in [3.05, 3.63) is 13.8 Å². The molecular weight excluding hydrogens is 224 g/mol. The number of rotatable bonds is 2. The van der Waals surface area contributed by atoms with Crippen LogP contribution < -0.4 is 0 Å². The molecule has 3 heteroatoms. The van der Waals surface area contributed by atoms with E-state index in [0.717, 1.165) is 6.42 Å². The molecule has 0 aromatic carbocycles. The summed E-state index contributed by atoms with van der Waals surface area (Å²) in [5.41, 5.74) is 0. The molecule has 0 saturated heterocycles. The van der Waals surface area contributed by atoms with E-state index in [2.05, 4.69) is 32.4 Å². The van der Waals surface area contributed by atoms with Gasteiger partial charge in [0.2, 0.25) is 0 Å². The Morgan fingerprint density at radius 2 is 1.90 bits per heavy atom. The molecule has 1 radical (unpaired) electrons. The molecule has 0 aliphatic rings. The Bertz CT molecular complexity index is 60.6. The second-order valence-corrected chi connectivity index (χ2v) is 1.98. The summed E-state index contributed by atoms with van der Waals surface area (Å²) >= 11 is 4.52. The molecule has 0 heterocycles. The molecule has 0 atom stereocenters. The Hall–Kier alpha value is 0.934. The Balaban J connectivity index is -0.0000000910. The molecule has 0 N–H and O–H groups in total. The van der Waals surface area contributed by atoms with Gasteiger partial charge >= 0.3 is 0 Å². The van der Waals surface area contributed by atoms with Crippen LogP contribution in [0.25, 0.3) is 0 Å². The first-order chi connectivity index (χ1) is 4.15. The van der Waals surface area contributed by atoms with Crippen LogP contribution in [0.15, 0.2) is 0 Å². The second kappa shape index (κ2) is 16.5. The number of carbonyl (C=O) groups is 1. The molecule has 0 unspecified atom stereocenters. The van der Waals surface area contributed by atoms with Crippen LogP contribution in [-0.2, 0) is 37.5 Å². The van der Waals surface area contributed by atoms with Crippen LogP contribution in [0.3, 0.4) is 0 Å². The molecule has 0 saturated carbocycles. The fourth-order valence-electron chi connectivity index (χ4n) is 0.250. The van der Waals surface area contributed by atoms with Gasteiger partial charge in [-0.2, -0.15) is 6.42 Å². The summed E-state index contributed by atoms with van der Waals surface area (Å²) in [6.45, 7) is 8.61. The summed E-state index contributed by atoms with van der Waals surface area (Å²) in [5.74, 6) is 0. The van der Waals surface area contributed by atoms with E-state index in [0.29, 0.717) is 0 Å². The van der Waals surface area contributed by atoms with E-state index in [4.69, 9.17) is 4.79 Å². The molecule has 0 aliphatic heterocycles. The molecule has 59 valence electrons. The third-order valence-electron chi connectivity index (χ3n) is 0.604. The van der Waals surface area contributed by atoms with Crippen LogP contribution in [0.5, 0.6) is 0 Å². The SMILES string of the molecule is [CH2-]C(=O)Cl.[CH2-]CCCC.[Y]. The van der Waals surface area contributed by atoms with Gasteiger partial charge < -0.3 is 18.6 Å². The zero-order chi connectivity index (χ0) is 7.70. The second-order valence-electron chi connectivity index (χ2n) is 1.56. The summed E-state index contributed by atoms with van der Waals surface area (Å²) < 4.78 is 0. The van der Waals surface area contributed by atoms with Gasteiger partial charge in [-0.1, -0.05) is 31.4 Å². The Kier molecular flexibility index (Phi) is 28.3. The van der Waals surface area contributed by atoms with Gasteiger partial charge in [0.05, 0.1) is 5.24 Å². The topological polar surface area (TPSA) is 17.1 Å². The number of halogens is 1. The summed E-state index contributed by atoms with van der Waals surface area (Å²) in [6.07, 6.45) is 3.65. The largest absolute Gasteiger partial charge is 0.343 e. The van der Waals surface area contributed by atoms with Gasteiger partial charge in [0.15, 0.2) is 0 Å². The van der Waals surface area contributed by atoms with E-state index in [9.17, 15) is 0 Å². The average molecular weight is 238 g/mol. The predicted molar refractivity (Wildman–Crippen MR) is 41.1 cm³/mol. The van der Waals surface area contributed by atoms with Crippen LogP contribution in [0.4, 0.5) is 0 Å². The Morgan fingerprint density at radius 3 is 1.90 bits per heavy atom. The third kappa shape index (κ3) is 65.3. The van der Waals surface area contributed by atoms with Gasteiger partial charge in [0, 0.05) is 32.7 Å². The molecule has 0 rings (SSSR count). The first-order valence-electron chi connectivity index (χ1n) is 2.95. The van der Waals surface area contributed by atoms with Crippen LogP contribution >= 0.6 is 11.6 Å². The van der Waals surface area contributed by atoms with Gasteiger partial charge in [0.1, 0.15) is 0 Å². The molecular formula is C7H13ClOY-2. The van der Waals surface area contributed by atoms with Crippen LogP contribution in [0.2, 0.25) is 0 Å². The molecule has 0 aliphatic carbocycles. The van der Waals surface area contributed by atoms with Crippen molar-refractivity contribution < 1.29 is 37.5 Å². The van der Waals surface area contributed by atoms with Crippen molar-refractivity contribution in [1.29, 1.82) is 0 Å². The summed E-state index contributed by atoms with van der Waals surface area (Å²) in [4.78, 5) is 9.10. The normalized spacial score (nSPS) is 6.70. The van der Waals surface area contributed by atoms with Crippen molar-refractivity contribution >= 4 is 16.8 Å². The first kappa shape index (κ1) is 17.1. The summed E-state index contributed by atoms with van der Waals surface area (Å²) in [5, 5.41) is -0.611. The van der Waals surface area contributed by atoms with Crippen molar-refractivity contribution in [2.45, 2.75) is 26.2 Å². The molecule has 0 aromatic heterocycles. The predicted octanol–water partition coefficient (Wildman–Crippen LogP) is 2.59. The molecule has 0 spiro atoms. The maximum absolute atomic E-state index is 9.10. The van der Waals surface area contributed by atoms with E-state index in [-0.39, 0.29) is 32.7 Å². The maximum Gasteiger partial charge on any atom is 0.0851 e. The quantitative estimate of drug-likeness (QED) is 0.533. The van der Waals surface area contributed by atoms with Crippen molar-refractivity contribution in [3.63, 3.8) is 0 Å². The van der Waals surface area contributed by atoms with Crippen LogP contribution in [-0.4, -0.2) is 5.24 Å². The first-order valence-corrected chi connectivity index (χ1v) is 3.33. The maximum atomic E-state index is 9.10. The van der Waals surface area contributed by atoms with E-state index in [1.54, 1.807) is 0 Å². The van der Waals surface area contributed by atoms with Gasteiger partial charge in [-0.25, -0.2) is 0 Å². The number of carbonyl (C=O) groups excluding carboxylic acids is 1. The number of unbranched alkanes of at least 4 members (excludes halogenated alkanes) is 2. The Morgan fingerprint density at radius 1 is 1.60 bits per heavy atom. The van der Waals surface area contributed by atoms with E-state index < -0.39 is 5.24 Å². The molecule has 0 amide bonds. The molecule has 1 nitrogen and oxygen atoms in total. The fourth-order valence-corrected chi connectivity index (χ4v) is 0.250. The van der Waals surface area contributed by atoms with Crippen molar-refractivity contribution in [1.82, 2.24) is 0 Å². The monoisotopic (exact) mass is 237 g/mol.